The first-order valence-corrected chi connectivity index (χ1v) is 15.1. The number of ether oxygens (including phenoxy) is 1. The van der Waals surface area contributed by atoms with Crippen LogP contribution < -0.4 is 20.7 Å². The number of hydrogen-bond acceptors (Lipinski definition) is 8. The zero-order valence-electron chi connectivity index (χ0n) is 20.2. The van der Waals surface area contributed by atoms with E-state index >= 15 is 0 Å². The third-order valence-electron chi connectivity index (χ3n) is 5.54. The largest absolute Gasteiger partial charge is 0.495 e. The van der Waals surface area contributed by atoms with Crippen LogP contribution in [-0.4, -0.2) is 49.1 Å². The number of nitrogens with one attached hydrogen (secondary N) is 3. The SMILES string of the molecule is COc1cc(P(C)(C)=O)ccc1Nc1nc(Nc2ccccc2S(=O)(=O)C(C)C)c2cc[nH]c2n1. The Kier molecular flexibility index (Phi) is 6.62. The molecule has 0 unspecified atom stereocenters. The lowest BCUT2D eigenvalue weighted by atomic mass is 10.3. The number of rotatable bonds is 8. The van der Waals surface area contributed by atoms with Gasteiger partial charge in [-0.25, -0.2) is 8.42 Å². The second-order valence-electron chi connectivity index (χ2n) is 8.71. The molecular formula is C24H28N5O4PS. The van der Waals surface area contributed by atoms with E-state index in [2.05, 4.69) is 25.6 Å². The number of aromatic amines is 1. The number of sulfone groups is 1. The van der Waals surface area contributed by atoms with Crippen LogP contribution in [-0.2, 0) is 14.4 Å². The molecule has 0 aliphatic rings. The number of fused-ring (bicyclic) bond motifs is 1. The molecule has 2 aromatic carbocycles. The van der Waals surface area contributed by atoms with Gasteiger partial charge in [0.1, 0.15) is 24.4 Å². The lowest BCUT2D eigenvalue weighted by molar-refractivity contribution is 0.417. The summed E-state index contributed by atoms with van der Waals surface area (Å²) >= 11 is 0. The van der Waals surface area contributed by atoms with Crippen LogP contribution >= 0.6 is 7.14 Å². The number of benzene rings is 2. The van der Waals surface area contributed by atoms with Gasteiger partial charge < -0.3 is 24.9 Å². The van der Waals surface area contributed by atoms with E-state index in [1.54, 1.807) is 75.8 Å². The number of methoxy groups -OCH3 is 1. The van der Waals surface area contributed by atoms with Gasteiger partial charge in [0.2, 0.25) is 5.95 Å². The normalized spacial score (nSPS) is 12.2. The predicted molar refractivity (Wildman–Crippen MR) is 141 cm³/mol. The van der Waals surface area contributed by atoms with Crippen molar-refractivity contribution < 1.29 is 17.7 Å². The molecule has 4 aromatic rings. The van der Waals surface area contributed by atoms with Gasteiger partial charge in [-0.2, -0.15) is 9.97 Å². The molecule has 2 aromatic heterocycles. The first-order valence-electron chi connectivity index (χ1n) is 11.0. The molecular weight excluding hydrogens is 485 g/mol. The van der Waals surface area contributed by atoms with Crippen molar-refractivity contribution in [3.63, 3.8) is 0 Å². The van der Waals surface area contributed by atoms with Crippen molar-refractivity contribution in [2.45, 2.75) is 24.0 Å². The van der Waals surface area contributed by atoms with Crippen LogP contribution in [0.25, 0.3) is 11.0 Å². The average Bonchev–Trinajstić information content (AvgIpc) is 3.28. The number of para-hydroxylation sites is 1. The number of aromatic nitrogens is 3. The van der Waals surface area contributed by atoms with E-state index in [9.17, 15) is 13.0 Å². The van der Waals surface area contributed by atoms with Crippen molar-refractivity contribution in [2.75, 3.05) is 31.1 Å². The lowest BCUT2D eigenvalue weighted by Crippen LogP contribution is -2.15. The van der Waals surface area contributed by atoms with Gasteiger partial charge in [0.25, 0.3) is 0 Å². The van der Waals surface area contributed by atoms with E-state index in [0.717, 1.165) is 0 Å². The molecule has 0 fully saturated rings. The van der Waals surface area contributed by atoms with Crippen LogP contribution in [0, 0.1) is 0 Å². The van der Waals surface area contributed by atoms with Crippen LogP contribution in [0.5, 0.6) is 5.75 Å². The van der Waals surface area contributed by atoms with Crippen molar-refractivity contribution in [1.82, 2.24) is 15.0 Å². The average molecular weight is 514 g/mol. The summed E-state index contributed by atoms with van der Waals surface area (Å²) in [5.74, 6) is 1.21. The maximum absolute atomic E-state index is 12.9. The second-order valence-corrected chi connectivity index (χ2v) is 14.4. The maximum atomic E-state index is 12.9. The van der Waals surface area contributed by atoms with Gasteiger partial charge in [-0.05, 0) is 63.6 Å². The Morgan fingerprint density at radius 2 is 1.74 bits per heavy atom. The van der Waals surface area contributed by atoms with Gasteiger partial charge in [0, 0.05) is 11.5 Å². The zero-order chi connectivity index (χ0) is 25.4. The summed E-state index contributed by atoms with van der Waals surface area (Å²) in [6.07, 6.45) is 1.74. The van der Waals surface area contributed by atoms with Gasteiger partial charge in [-0.1, -0.05) is 12.1 Å². The first-order chi connectivity index (χ1) is 16.5. The van der Waals surface area contributed by atoms with Crippen LogP contribution in [0.15, 0.2) is 59.6 Å². The Morgan fingerprint density at radius 3 is 2.43 bits per heavy atom. The molecule has 0 radical (unpaired) electrons. The van der Waals surface area contributed by atoms with E-state index in [1.165, 1.54) is 7.11 Å². The highest BCUT2D eigenvalue weighted by Crippen LogP contribution is 2.38. The summed E-state index contributed by atoms with van der Waals surface area (Å²) in [7, 11) is -4.44. The third kappa shape index (κ3) is 5.04. The van der Waals surface area contributed by atoms with Gasteiger partial charge in [-0.15, -0.1) is 0 Å². The van der Waals surface area contributed by atoms with Gasteiger partial charge in [0.15, 0.2) is 9.84 Å². The molecule has 4 rings (SSSR count). The predicted octanol–water partition coefficient (Wildman–Crippen LogP) is 4.88. The Labute approximate surface area is 204 Å². The molecule has 0 spiro atoms. The summed E-state index contributed by atoms with van der Waals surface area (Å²) < 4.78 is 43.8. The number of H-pyrrole nitrogens is 1. The van der Waals surface area contributed by atoms with Crippen molar-refractivity contribution in [2.24, 2.45) is 0 Å². The quantitative estimate of drug-likeness (QED) is 0.285. The van der Waals surface area contributed by atoms with Crippen LogP contribution in [0.1, 0.15) is 13.8 Å². The highest BCUT2D eigenvalue weighted by atomic mass is 32.2. The molecule has 0 aliphatic carbocycles. The molecule has 0 bridgehead atoms. The summed E-state index contributed by atoms with van der Waals surface area (Å²) in [6, 6.07) is 13.9. The first kappa shape index (κ1) is 24.8. The van der Waals surface area contributed by atoms with Crippen molar-refractivity contribution >= 4 is 56.5 Å². The Balaban J connectivity index is 1.75. The molecule has 3 N–H and O–H groups in total. The Morgan fingerprint density at radius 1 is 1.00 bits per heavy atom. The summed E-state index contributed by atoms with van der Waals surface area (Å²) in [4.78, 5) is 12.4. The fourth-order valence-electron chi connectivity index (χ4n) is 3.53. The highest BCUT2D eigenvalue weighted by Gasteiger charge is 2.23. The van der Waals surface area contributed by atoms with Crippen LogP contribution in [0.3, 0.4) is 0 Å². The van der Waals surface area contributed by atoms with Crippen molar-refractivity contribution in [1.29, 1.82) is 0 Å². The minimum atomic E-state index is -3.52. The van der Waals surface area contributed by atoms with Gasteiger partial charge >= 0.3 is 0 Å². The molecule has 11 heteroatoms. The third-order valence-corrected chi connectivity index (χ3v) is 9.27. The minimum Gasteiger partial charge on any atom is -0.495 e. The summed E-state index contributed by atoms with van der Waals surface area (Å²) in [5, 5.41) is 7.18. The molecule has 0 amide bonds. The summed E-state index contributed by atoms with van der Waals surface area (Å²) in [5.41, 5.74) is 1.60. The number of hydrogen-bond donors (Lipinski definition) is 3. The molecule has 0 atom stereocenters. The molecule has 9 nitrogen and oxygen atoms in total. The van der Waals surface area contributed by atoms with Gasteiger partial charge in [0.05, 0.1) is 34.0 Å². The molecule has 2 heterocycles. The molecule has 0 saturated heterocycles. The van der Waals surface area contributed by atoms with E-state index in [-0.39, 0.29) is 10.8 Å². The fourth-order valence-corrected chi connectivity index (χ4v) is 5.59. The number of nitrogens with zero attached hydrogens (tertiary/aromatic N) is 2. The molecule has 0 saturated carbocycles. The molecule has 184 valence electrons. The van der Waals surface area contributed by atoms with E-state index in [1.807, 2.05) is 6.07 Å². The summed E-state index contributed by atoms with van der Waals surface area (Å²) in [6.45, 7) is 6.70. The Bertz CT molecular complexity index is 1540. The minimum absolute atomic E-state index is 0.202. The van der Waals surface area contributed by atoms with E-state index in [4.69, 9.17) is 4.74 Å². The van der Waals surface area contributed by atoms with Crippen LogP contribution in [0.2, 0.25) is 0 Å². The zero-order valence-corrected chi connectivity index (χ0v) is 21.9. The van der Waals surface area contributed by atoms with E-state index < -0.39 is 22.2 Å². The maximum Gasteiger partial charge on any atom is 0.231 e. The molecule has 35 heavy (non-hydrogen) atoms. The monoisotopic (exact) mass is 513 g/mol. The molecule has 0 aliphatic heterocycles. The highest BCUT2D eigenvalue weighted by molar-refractivity contribution is 7.92. The van der Waals surface area contributed by atoms with Crippen molar-refractivity contribution in [3.05, 3.63) is 54.7 Å². The topological polar surface area (TPSA) is 126 Å². The second kappa shape index (κ2) is 9.36. The van der Waals surface area contributed by atoms with Crippen LogP contribution in [0.4, 0.5) is 23.1 Å². The smallest absolute Gasteiger partial charge is 0.231 e. The number of anilines is 4. The lowest BCUT2D eigenvalue weighted by Gasteiger charge is -2.16. The standard InChI is InChI=1S/C24H28N5O4PS/c1-15(2)35(31,32)21-9-7-6-8-19(21)26-23-17-12-13-25-22(17)28-24(29-23)27-18-11-10-16(34(4,5)30)14-20(18)33-3/h6-15H,1-5H3,(H3,25,26,27,28,29). The van der Waals surface area contributed by atoms with Crippen molar-refractivity contribution in [3.8, 4) is 5.75 Å². The fraction of sp³-hybridized carbons (Fsp3) is 0.250. The van der Waals surface area contributed by atoms with Gasteiger partial charge in [-0.3, -0.25) is 0 Å². The Hall–Kier alpha value is -3.36. The van der Waals surface area contributed by atoms with E-state index in [0.29, 0.717) is 39.3 Å².